The summed E-state index contributed by atoms with van der Waals surface area (Å²) in [5.41, 5.74) is 1.55. The first-order valence-corrected chi connectivity index (χ1v) is 12.6. The van der Waals surface area contributed by atoms with Gasteiger partial charge in [-0.25, -0.2) is 0 Å². The van der Waals surface area contributed by atoms with E-state index in [4.69, 9.17) is 35.3 Å². The minimum Gasteiger partial charge on any atom is -0.491 e. The topological polar surface area (TPSA) is 160 Å². The monoisotopic (exact) mass is 551 g/mol. The van der Waals surface area contributed by atoms with Gasteiger partial charge in [0.05, 0.1) is 19.1 Å². The predicted octanol–water partition coefficient (Wildman–Crippen LogP) is 1.57. The summed E-state index contributed by atoms with van der Waals surface area (Å²) in [6.45, 7) is 0.571. The maximum absolute atomic E-state index is 11.4. The quantitative estimate of drug-likeness (QED) is 0.124. The summed E-state index contributed by atoms with van der Waals surface area (Å²) in [6, 6.07) is 10.9. The van der Waals surface area contributed by atoms with Gasteiger partial charge in [0.2, 0.25) is 6.29 Å². The molecule has 4 rings (SSSR count). The third kappa shape index (κ3) is 7.64. The number of nitroso groups, excluding NO2 is 1. The Kier molecular flexibility index (Phi) is 9.91. The van der Waals surface area contributed by atoms with Gasteiger partial charge >= 0.3 is 0 Å². The maximum Gasteiger partial charge on any atom is 0.229 e. The molecule has 2 heterocycles. The Balaban J connectivity index is 1.52. The van der Waals surface area contributed by atoms with Crippen molar-refractivity contribution in [2.75, 3.05) is 32.3 Å². The highest BCUT2D eigenvalue weighted by molar-refractivity contribution is 6.18. The molecule has 7 unspecified atom stereocenters. The van der Waals surface area contributed by atoms with E-state index in [1.54, 1.807) is 18.2 Å². The molecule has 12 heteroatoms. The molecule has 2 aromatic carbocycles. The van der Waals surface area contributed by atoms with Crippen molar-refractivity contribution in [3.63, 3.8) is 0 Å². The van der Waals surface area contributed by atoms with Crippen molar-refractivity contribution in [3.8, 4) is 17.2 Å². The molecule has 0 saturated carbocycles. The second-order valence-corrected chi connectivity index (χ2v) is 9.25. The van der Waals surface area contributed by atoms with Crippen molar-refractivity contribution in [2.24, 2.45) is 5.18 Å². The fourth-order valence-electron chi connectivity index (χ4n) is 3.71. The smallest absolute Gasteiger partial charge is 0.229 e. The van der Waals surface area contributed by atoms with Crippen LogP contribution in [-0.2, 0) is 9.47 Å². The molecule has 0 amide bonds. The lowest BCUT2D eigenvalue weighted by Crippen LogP contribution is -2.59. The Labute approximate surface area is 224 Å². The SMILES string of the molecule is O=NC1C(Oc2cc(/C=C/c3ccc(OCC4CO4)cc3)cc(OCC(O)CCl)c2)OC(CO)C(O)C1O. The van der Waals surface area contributed by atoms with Crippen molar-refractivity contribution in [3.05, 3.63) is 58.5 Å². The standard InChI is InChI=1S/C26H30ClNO10/c27-10-17(30)12-34-19-7-16(2-1-15-3-5-18(6-4-15)35-13-21-14-36-21)8-20(9-19)37-26-23(28-33)25(32)24(31)22(11-29)38-26/h1-9,17,21-26,29-32H,10-14H2/b2-1+. The molecule has 4 N–H and O–H groups in total. The van der Waals surface area contributed by atoms with Crippen LogP contribution in [-0.4, -0.2) is 95.6 Å². The molecule has 0 aliphatic carbocycles. The zero-order valence-electron chi connectivity index (χ0n) is 20.3. The molecule has 0 spiro atoms. The highest BCUT2D eigenvalue weighted by Crippen LogP contribution is 2.30. The van der Waals surface area contributed by atoms with Crippen LogP contribution in [0.2, 0.25) is 0 Å². The number of benzene rings is 2. The number of hydrogen-bond donors (Lipinski definition) is 4. The van der Waals surface area contributed by atoms with Gasteiger partial charge in [-0.05, 0) is 35.4 Å². The summed E-state index contributed by atoms with van der Waals surface area (Å²) >= 11 is 5.66. The van der Waals surface area contributed by atoms with Crippen molar-refractivity contribution < 1.29 is 44.1 Å². The van der Waals surface area contributed by atoms with Gasteiger partial charge in [-0.15, -0.1) is 11.6 Å². The van der Waals surface area contributed by atoms with Crippen molar-refractivity contribution in [2.45, 2.75) is 42.9 Å². The lowest BCUT2D eigenvalue weighted by Gasteiger charge is -2.38. The van der Waals surface area contributed by atoms with Crippen LogP contribution in [0.15, 0.2) is 47.6 Å². The van der Waals surface area contributed by atoms with Gasteiger partial charge in [-0.2, -0.15) is 4.91 Å². The Hall–Kier alpha value is -2.77. The van der Waals surface area contributed by atoms with E-state index >= 15 is 0 Å². The number of epoxide rings is 1. The zero-order valence-corrected chi connectivity index (χ0v) is 21.1. The van der Waals surface area contributed by atoms with Crippen molar-refractivity contribution >= 4 is 23.8 Å². The van der Waals surface area contributed by atoms with E-state index in [2.05, 4.69) is 5.18 Å². The molecule has 2 fully saturated rings. The van der Waals surface area contributed by atoms with E-state index in [-0.39, 0.29) is 24.3 Å². The molecule has 2 aromatic rings. The first kappa shape index (κ1) is 28.2. The van der Waals surface area contributed by atoms with E-state index in [1.165, 1.54) is 6.07 Å². The number of rotatable bonds is 13. The van der Waals surface area contributed by atoms with Gasteiger partial charge in [-0.3, -0.25) is 0 Å². The Morgan fingerprint density at radius 3 is 2.39 bits per heavy atom. The molecule has 11 nitrogen and oxygen atoms in total. The second-order valence-electron chi connectivity index (χ2n) is 8.95. The molecule has 0 bridgehead atoms. The van der Waals surface area contributed by atoms with Crippen LogP contribution in [0.4, 0.5) is 0 Å². The van der Waals surface area contributed by atoms with Crippen LogP contribution in [0.25, 0.3) is 12.2 Å². The number of hydrogen-bond acceptors (Lipinski definition) is 11. The van der Waals surface area contributed by atoms with Crippen LogP contribution in [0.3, 0.4) is 0 Å². The summed E-state index contributed by atoms with van der Waals surface area (Å²) in [5.74, 6) is 1.26. The minimum absolute atomic E-state index is 0.0122. The average Bonchev–Trinajstić information content (AvgIpc) is 3.76. The predicted molar refractivity (Wildman–Crippen MR) is 137 cm³/mol. The third-order valence-corrected chi connectivity index (χ3v) is 6.29. The first-order chi connectivity index (χ1) is 18.4. The van der Waals surface area contributed by atoms with Gasteiger partial charge in [0.25, 0.3) is 0 Å². The van der Waals surface area contributed by atoms with Crippen LogP contribution < -0.4 is 14.2 Å². The Morgan fingerprint density at radius 1 is 1.03 bits per heavy atom. The van der Waals surface area contributed by atoms with Gasteiger partial charge < -0.3 is 44.1 Å². The summed E-state index contributed by atoms with van der Waals surface area (Å²) in [6.07, 6.45) is -2.70. The summed E-state index contributed by atoms with van der Waals surface area (Å²) in [4.78, 5) is 11.4. The molecule has 7 atom stereocenters. The van der Waals surface area contributed by atoms with Crippen LogP contribution in [0.1, 0.15) is 11.1 Å². The Morgan fingerprint density at radius 2 is 1.74 bits per heavy atom. The number of nitrogens with zero attached hydrogens (tertiary/aromatic N) is 1. The van der Waals surface area contributed by atoms with Gasteiger partial charge in [0.15, 0.2) is 6.04 Å². The molecule has 0 aromatic heterocycles. The number of ether oxygens (including phenoxy) is 5. The highest BCUT2D eigenvalue weighted by atomic mass is 35.5. The molecular weight excluding hydrogens is 522 g/mol. The van der Waals surface area contributed by atoms with E-state index in [0.29, 0.717) is 17.9 Å². The van der Waals surface area contributed by atoms with E-state index < -0.39 is 43.4 Å². The lowest BCUT2D eigenvalue weighted by atomic mass is 9.98. The van der Waals surface area contributed by atoms with E-state index in [1.807, 2.05) is 30.3 Å². The van der Waals surface area contributed by atoms with Crippen molar-refractivity contribution in [1.82, 2.24) is 0 Å². The molecule has 38 heavy (non-hydrogen) atoms. The van der Waals surface area contributed by atoms with Crippen LogP contribution in [0, 0.1) is 4.91 Å². The molecule has 2 aliphatic heterocycles. The zero-order chi connectivity index (χ0) is 27.1. The lowest BCUT2D eigenvalue weighted by molar-refractivity contribution is -0.239. The highest BCUT2D eigenvalue weighted by Gasteiger charge is 2.46. The normalized spacial score (nSPS) is 27.6. The third-order valence-electron chi connectivity index (χ3n) is 5.93. The van der Waals surface area contributed by atoms with Gasteiger partial charge in [0.1, 0.15) is 61.0 Å². The minimum atomic E-state index is -1.59. The molecule has 206 valence electrons. The molecule has 0 radical (unpaired) electrons. The van der Waals surface area contributed by atoms with Gasteiger partial charge in [0, 0.05) is 6.07 Å². The summed E-state index contributed by atoms with van der Waals surface area (Å²) < 4.78 is 27.7. The average molecular weight is 552 g/mol. The first-order valence-electron chi connectivity index (χ1n) is 12.1. The van der Waals surface area contributed by atoms with Crippen molar-refractivity contribution in [1.29, 1.82) is 0 Å². The van der Waals surface area contributed by atoms with E-state index in [9.17, 15) is 25.3 Å². The molecule has 2 saturated heterocycles. The van der Waals surface area contributed by atoms with Crippen LogP contribution in [0.5, 0.6) is 17.2 Å². The maximum atomic E-state index is 11.4. The summed E-state index contributed by atoms with van der Waals surface area (Å²) in [7, 11) is 0. The molecule has 2 aliphatic rings. The Bertz CT molecular complexity index is 1080. The number of aliphatic hydroxyl groups is 4. The van der Waals surface area contributed by atoms with Gasteiger partial charge in [-0.1, -0.05) is 29.5 Å². The number of aliphatic hydroxyl groups excluding tert-OH is 4. The van der Waals surface area contributed by atoms with Crippen LogP contribution >= 0.6 is 11.6 Å². The number of alkyl halides is 1. The number of halogens is 1. The summed E-state index contributed by atoms with van der Waals surface area (Å²) in [5, 5.41) is 42.4. The second kappa shape index (κ2) is 13.3. The van der Waals surface area contributed by atoms with E-state index in [0.717, 1.165) is 17.9 Å². The fourth-order valence-corrected chi connectivity index (χ4v) is 3.80. The largest absolute Gasteiger partial charge is 0.491 e. The fraction of sp³-hybridized carbons (Fsp3) is 0.462. The molecular formula is C26H30ClNO10.